The first-order chi connectivity index (χ1) is 13.0. The quantitative estimate of drug-likeness (QED) is 0.398. The summed E-state index contributed by atoms with van der Waals surface area (Å²) in [6.45, 7) is 1.99. The number of benzene rings is 3. The highest BCUT2D eigenvalue weighted by Crippen LogP contribution is 2.34. The zero-order valence-corrected chi connectivity index (χ0v) is 15.8. The molecule has 1 aromatic heterocycles. The highest BCUT2D eigenvalue weighted by Gasteiger charge is 2.13. The maximum absolute atomic E-state index is 10.2. The normalized spacial score (nSPS) is 11.5. The Kier molecular flexibility index (Phi) is 4.60. The second-order valence-corrected chi connectivity index (χ2v) is 6.94. The number of halogens is 2. The standard InChI is InChI=1S/C21H14Cl2N2O2/c1-12-2-7-20-18(8-12)25-21(27-20)15-10-14(4-6-19(15)26)24-11-13-3-5-16(22)17(23)9-13/h2-11,26H,1H3. The molecule has 0 atom stereocenters. The molecule has 0 spiro atoms. The zero-order valence-electron chi connectivity index (χ0n) is 14.3. The molecule has 3 aromatic carbocycles. The minimum atomic E-state index is 0.0757. The van der Waals surface area contributed by atoms with Gasteiger partial charge in [0.25, 0.3) is 0 Å². The number of aliphatic imine (C=N–C) groups is 1. The Morgan fingerprint density at radius 3 is 2.67 bits per heavy atom. The lowest BCUT2D eigenvalue weighted by Gasteiger charge is -2.02. The first kappa shape index (κ1) is 17.6. The molecule has 1 heterocycles. The Labute approximate surface area is 165 Å². The van der Waals surface area contributed by atoms with Gasteiger partial charge in [-0.2, -0.15) is 0 Å². The molecule has 27 heavy (non-hydrogen) atoms. The molecule has 6 heteroatoms. The van der Waals surface area contributed by atoms with E-state index in [9.17, 15) is 5.11 Å². The number of phenolic OH excluding ortho intramolecular Hbond substituents is 1. The fourth-order valence-electron chi connectivity index (χ4n) is 2.67. The second-order valence-electron chi connectivity index (χ2n) is 6.12. The van der Waals surface area contributed by atoms with Crippen LogP contribution >= 0.6 is 23.2 Å². The van der Waals surface area contributed by atoms with E-state index in [1.165, 1.54) is 0 Å². The summed E-state index contributed by atoms with van der Waals surface area (Å²) < 4.78 is 5.78. The van der Waals surface area contributed by atoms with Gasteiger partial charge in [0.05, 0.1) is 21.3 Å². The van der Waals surface area contributed by atoms with Gasteiger partial charge in [0, 0.05) is 6.21 Å². The lowest BCUT2D eigenvalue weighted by atomic mass is 10.1. The van der Waals surface area contributed by atoms with Crippen LogP contribution in [0.15, 0.2) is 64.0 Å². The Morgan fingerprint density at radius 1 is 1.00 bits per heavy atom. The molecule has 0 aliphatic rings. The molecule has 4 aromatic rings. The van der Waals surface area contributed by atoms with Crippen LogP contribution in [0.5, 0.6) is 5.75 Å². The maximum atomic E-state index is 10.2. The van der Waals surface area contributed by atoms with Crippen molar-refractivity contribution in [3.05, 3.63) is 75.8 Å². The van der Waals surface area contributed by atoms with Crippen LogP contribution in [0.2, 0.25) is 10.0 Å². The van der Waals surface area contributed by atoms with Gasteiger partial charge in [-0.25, -0.2) is 4.98 Å². The van der Waals surface area contributed by atoms with Crippen molar-refractivity contribution in [2.75, 3.05) is 0 Å². The molecule has 4 rings (SSSR count). The number of phenols is 1. The van der Waals surface area contributed by atoms with Gasteiger partial charge in [0.1, 0.15) is 11.3 Å². The van der Waals surface area contributed by atoms with Gasteiger partial charge in [0.2, 0.25) is 5.89 Å². The summed E-state index contributed by atoms with van der Waals surface area (Å²) in [7, 11) is 0. The predicted molar refractivity (Wildman–Crippen MR) is 110 cm³/mol. The number of aromatic hydroxyl groups is 1. The van der Waals surface area contributed by atoms with E-state index < -0.39 is 0 Å². The van der Waals surface area contributed by atoms with Crippen LogP contribution in [0.4, 0.5) is 5.69 Å². The van der Waals surface area contributed by atoms with Crippen LogP contribution in [-0.2, 0) is 0 Å². The molecule has 0 bridgehead atoms. The third-order valence-corrected chi connectivity index (χ3v) is 4.80. The van der Waals surface area contributed by atoms with E-state index in [4.69, 9.17) is 27.6 Å². The Bertz CT molecular complexity index is 1180. The Hall–Kier alpha value is -2.82. The van der Waals surface area contributed by atoms with Crippen LogP contribution in [0.1, 0.15) is 11.1 Å². The molecule has 0 aliphatic heterocycles. The van der Waals surface area contributed by atoms with Gasteiger partial charge in [-0.1, -0.05) is 35.3 Å². The average molecular weight is 397 g/mol. The highest BCUT2D eigenvalue weighted by molar-refractivity contribution is 6.42. The molecule has 0 aliphatic carbocycles. The number of nitrogens with zero attached hydrogens (tertiary/aromatic N) is 2. The van der Waals surface area contributed by atoms with Crippen LogP contribution in [0.3, 0.4) is 0 Å². The average Bonchev–Trinajstić information content (AvgIpc) is 3.06. The van der Waals surface area contributed by atoms with Gasteiger partial charge < -0.3 is 9.52 Å². The monoisotopic (exact) mass is 396 g/mol. The number of aromatic nitrogens is 1. The number of hydrogen-bond donors (Lipinski definition) is 1. The summed E-state index contributed by atoms with van der Waals surface area (Å²) >= 11 is 11.9. The topological polar surface area (TPSA) is 58.6 Å². The molecule has 0 amide bonds. The van der Waals surface area contributed by atoms with Crippen LogP contribution in [-0.4, -0.2) is 16.3 Å². The number of fused-ring (bicyclic) bond motifs is 1. The molecule has 134 valence electrons. The summed E-state index contributed by atoms with van der Waals surface area (Å²) in [5.74, 6) is 0.423. The molecular formula is C21H14Cl2N2O2. The summed E-state index contributed by atoms with van der Waals surface area (Å²) in [5.41, 5.74) is 4.44. The SMILES string of the molecule is Cc1ccc2oc(-c3cc(N=Cc4ccc(Cl)c(Cl)c4)ccc3O)nc2c1. The fourth-order valence-corrected chi connectivity index (χ4v) is 2.98. The predicted octanol–water partition coefficient (Wildman–Crippen LogP) is 6.57. The Morgan fingerprint density at radius 2 is 1.85 bits per heavy atom. The molecule has 0 saturated heterocycles. The highest BCUT2D eigenvalue weighted by atomic mass is 35.5. The first-order valence-corrected chi connectivity index (χ1v) is 8.95. The van der Waals surface area contributed by atoms with E-state index in [0.717, 1.165) is 16.6 Å². The van der Waals surface area contributed by atoms with Gasteiger partial charge >= 0.3 is 0 Å². The van der Waals surface area contributed by atoms with Crippen molar-refractivity contribution in [2.45, 2.75) is 6.92 Å². The zero-order chi connectivity index (χ0) is 19.0. The van der Waals surface area contributed by atoms with Crippen molar-refractivity contribution >= 4 is 46.2 Å². The molecule has 0 unspecified atom stereocenters. The molecule has 1 N–H and O–H groups in total. The largest absolute Gasteiger partial charge is 0.507 e. The number of aryl methyl sites for hydroxylation is 1. The van der Waals surface area contributed by atoms with E-state index in [2.05, 4.69) is 9.98 Å². The Balaban J connectivity index is 1.70. The van der Waals surface area contributed by atoms with Crippen molar-refractivity contribution in [3.63, 3.8) is 0 Å². The van der Waals surface area contributed by atoms with E-state index >= 15 is 0 Å². The smallest absolute Gasteiger partial charge is 0.231 e. The van der Waals surface area contributed by atoms with Gasteiger partial charge in [-0.05, 0) is 60.5 Å². The van der Waals surface area contributed by atoms with E-state index in [1.54, 1.807) is 36.5 Å². The number of oxazole rings is 1. The minimum Gasteiger partial charge on any atom is -0.507 e. The van der Waals surface area contributed by atoms with Crippen LogP contribution in [0, 0.1) is 6.92 Å². The lowest BCUT2D eigenvalue weighted by Crippen LogP contribution is -1.82. The van der Waals surface area contributed by atoms with Gasteiger partial charge in [0.15, 0.2) is 5.58 Å². The number of hydrogen-bond acceptors (Lipinski definition) is 4. The van der Waals surface area contributed by atoms with Crippen molar-refractivity contribution < 1.29 is 9.52 Å². The minimum absolute atomic E-state index is 0.0757. The maximum Gasteiger partial charge on any atom is 0.231 e. The second kappa shape index (κ2) is 7.06. The van der Waals surface area contributed by atoms with Crippen molar-refractivity contribution in [1.29, 1.82) is 0 Å². The van der Waals surface area contributed by atoms with Crippen molar-refractivity contribution in [2.24, 2.45) is 4.99 Å². The summed E-state index contributed by atoms with van der Waals surface area (Å²) in [4.78, 5) is 8.91. The van der Waals surface area contributed by atoms with Gasteiger partial charge in [-0.15, -0.1) is 0 Å². The van der Waals surface area contributed by atoms with Crippen LogP contribution in [0.25, 0.3) is 22.6 Å². The molecule has 0 fully saturated rings. The van der Waals surface area contributed by atoms with Crippen molar-refractivity contribution in [3.8, 4) is 17.2 Å². The molecule has 0 radical (unpaired) electrons. The first-order valence-electron chi connectivity index (χ1n) is 8.19. The third-order valence-electron chi connectivity index (χ3n) is 4.06. The van der Waals surface area contributed by atoms with E-state index in [0.29, 0.717) is 32.8 Å². The molecule has 0 saturated carbocycles. The summed E-state index contributed by atoms with van der Waals surface area (Å²) in [6, 6.07) is 16.0. The van der Waals surface area contributed by atoms with E-state index in [1.807, 2.05) is 31.2 Å². The van der Waals surface area contributed by atoms with Gasteiger partial charge in [-0.3, -0.25) is 4.99 Å². The van der Waals surface area contributed by atoms with E-state index in [-0.39, 0.29) is 5.75 Å². The summed E-state index contributed by atoms with van der Waals surface area (Å²) in [5, 5.41) is 11.2. The molecular weight excluding hydrogens is 383 g/mol. The molecule has 4 nitrogen and oxygen atoms in total. The third kappa shape index (κ3) is 3.68. The number of rotatable bonds is 3. The van der Waals surface area contributed by atoms with Crippen LogP contribution < -0.4 is 0 Å². The fraction of sp³-hybridized carbons (Fsp3) is 0.0476. The lowest BCUT2D eigenvalue weighted by molar-refractivity contribution is 0.474. The van der Waals surface area contributed by atoms with Crippen molar-refractivity contribution in [1.82, 2.24) is 4.98 Å². The summed E-state index contributed by atoms with van der Waals surface area (Å²) in [6.07, 6.45) is 1.67.